The Labute approximate surface area is 174 Å². The molecule has 0 bridgehead atoms. The second-order valence-electron chi connectivity index (χ2n) is 7.62. The van der Waals surface area contributed by atoms with E-state index in [-0.39, 0.29) is 11.9 Å². The Kier molecular flexibility index (Phi) is 4.71. The highest BCUT2D eigenvalue weighted by atomic mass is 16.2. The first-order chi connectivity index (χ1) is 14.7. The van der Waals surface area contributed by atoms with Crippen molar-refractivity contribution in [3.8, 4) is 11.3 Å². The molecule has 152 valence electrons. The molecule has 0 atom stereocenters. The number of anilines is 1. The predicted octanol–water partition coefficient (Wildman–Crippen LogP) is 2.85. The third-order valence-corrected chi connectivity index (χ3v) is 5.81. The lowest BCUT2D eigenvalue weighted by Crippen LogP contribution is -2.33. The van der Waals surface area contributed by atoms with Crippen molar-refractivity contribution in [2.24, 2.45) is 0 Å². The van der Waals surface area contributed by atoms with Gasteiger partial charge in [0.2, 0.25) is 0 Å². The van der Waals surface area contributed by atoms with Crippen molar-refractivity contribution in [1.29, 1.82) is 0 Å². The Bertz CT molecular complexity index is 1090. The Morgan fingerprint density at radius 1 is 0.967 bits per heavy atom. The minimum atomic E-state index is -0.117. The highest BCUT2D eigenvalue weighted by molar-refractivity contribution is 5.98. The maximum absolute atomic E-state index is 13.2. The van der Waals surface area contributed by atoms with Crippen LogP contribution in [0.4, 0.5) is 10.5 Å². The quantitative estimate of drug-likeness (QED) is 0.708. The highest BCUT2D eigenvalue weighted by Gasteiger charge is 2.25. The number of hydrogen-bond donors (Lipinski definition) is 2. The van der Waals surface area contributed by atoms with Crippen LogP contribution in [-0.4, -0.2) is 53.2 Å². The van der Waals surface area contributed by atoms with E-state index in [1.165, 1.54) is 5.56 Å². The van der Waals surface area contributed by atoms with Crippen molar-refractivity contribution in [3.63, 3.8) is 0 Å². The Morgan fingerprint density at radius 2 is 1.80 bits per heavy atom. The number of carbonyl (C=O) groups is 2. The summed E-state index contributed by atoms with van der Waals surface area (Å²) in [5.74, 6) is -0.00386. The van der Waals surface area contributed by atoms with Crippen molar-refractivity contribution in [2.45, 2.75) is 12.8 Å². The minimum absolute atomic E-state index is 0.00386. The van der Waals surface area contributed by atoms with Gasteiger partial charge in [-0.2, -0.15) is 5.10 Å². The summed E-state index contributed by atoms with van der Waals surface area (Å²) in [5, 5.41) is 10.5. The van der Waals surface area contributed by atoms with E-state index in [2.05, 4.69) is 27.6 Å². The number of aromatic nitrogens is 2. The molecule has 3 amide bonds. The second kappa shape index (κ2) is 7.67. The van der Waals surface area contributed by atoms with Gasteiger partial charge in [-0.3, -0.25) is 14.8 Å². The number of H-pyrrole nitrogens is 1. The second-order valence-corrected chi connectivity index (χ2v) is 7.62. The smallest absolute Gasteiger partial charge is 0.321 e. The topological polar surface area (TPSA) is 81.3 Å². The predicted molar refractivity (Wildman–Crippen MR) is 115 cm³/mol. The first-order valence-electron chi connectivity index (χ1n) is 10.3. The van der Waals surface area contributed by atoms with Crippen LogP contribution in [0.2, 0.25) is 0 Å². The van der Waals surface area contributed by atoms with Crippen LogP contribution in [0.3, 0.4) is 0 Å². The Hall–Kier alpha value is -3.61. The first-order valence-corrected chi connectivity index (χ1v) is 10.3. The van der Waals surface area contributed by atoms with Crippen LogP contribution in [0.5, 0.6) is 0 Å². The monoisotopic (exact) mass is 401 g/mol. The van der Waals surface area contributed by atoms with E-state index >= 15 is 0 Å². The molecule has 2 N–H and O–H groups in total. The highest BCUT2D eigenvalue weighted by Crippen LogP contribution is 2.27. The molecule has 0 radical (unpaired) electrons. The number of rotatable bonds is 3. The molecule has 0 saturated carbocycles. The fourth-order valence-corrected chi connectivity index (χ4v) is 4.23. The van der Waals surface area contributed by atoms with Gasteiger partial charge in [-0.15, -0.1) is 0 Å². The van der Waals surface area contributed by atoms with E-state index in [1.54, 1.807) is 4.90 Å². The number of amides is 3. The van der Waals surface area contributed by atoms with Crippen molar-refractivity contribution < 1.29 is 9.59 Å². The normalized spacial score (nSPS) is 16.2. The van der Waals surface area contributed by atoms with Crippen molar-refractivity contribution in [1.82, 2.24) is 20.4 Å². The Morgan fingerprint density at radius 3 is 2.60 bits per heavy atom. The number of fused-ring (bicyclic) bond motifs is 1. The zero-order valence-corrected chi connectivity index (χ0v) is 16.6. The molecule has 2 aromatic carbocycles. The number of benzene rings is 2. The van der Waals surface area contributed by atoms with Crippen LogP contribution in [0, 0.1) is 0 Å². The van der Waals surface area contributed by atoms with Gasteiger partial charge in [0.25, 0.3) is 5.91 Å². The van der Waals surface area contributed by atoms with Crippen LogP contribution in [0.1, 0.15) is 21.6 Å². The molecule has 7 heteroatoms. The maximum Gasteiger partial charge on any atom is 0.321 e. The van der Waals surface area contributed by atoms with Crippen LogP contribution >= 0.6 is 0 Å². The fraction of sp³-hybridized carbons (Fsp3) is 0.261. The number of nitrogens with zero attached hydrogens (tertiary/aromatic N) is 3. The molecular weight excluding hydrogens is 378 g/mol. The maximum atomic E-state index is 13.2. The van der Waals surface area contributed by atoms with E-state index in [1.807, 2.05) is 47.4 Å². The van der Waals surface area contributed by atoms with E-state index in [0.29, 0.717) is 31.7 Å². The van der Waals surface area contributed by atoms with Gasteiger partial charge in [0.05, 0.1) is 5.69 Å². The average Bonchev–Trinajstić information content (AvgIpc) is 3.34. The summed E-state index contributed by atoms with van der Waals surface area (Å²) in [6, 6.07) is 17.4. The molecule has 1 aromatic heterocycles. The number of nitrogens with one attached hydrogen (secondary N) is 2. The van der Waals surface area contributed by atoms with Crippen LogP contribution < -0.4 is 10.2 Å². The SMILES string of the molecule is O=C(c1cccc(N2CCNC2=O)c1)N1CCc2[nH]nc(-c3ccccc3)c2CC1. The molecule has 7 nitrogen and oxygen atoms in total. The molecule has 3 heterocycles. The largest absolute Gasteiger partial charge is 0.338 e. The standard InChI is InChI=1S/C23H23N5O2/c29-22(17-7-4-8-18(15-17)28-14-11-24-23(28)30)27-12-9-19-20(10-13-27)25-26-21(19)16-5-2-1-3-6-16/h1-8,15H,9-14H2,(H,24,30)(H,25,26). The first kappa shape index (κ1) is 18.4. The molecule has 2 aliphatic rings. The van der Waals surface area contributed by atoms with E-state index in [9.17, 15) is 9.59 Å². The van der Waals surface area contributed by atoms with Gasteiger partial charge in [0.15, 0.2) is 0 Å². The zero-order chi connectivity index (χ0) is 20.5. The molecule has 3 aromatic rings. The van der Waals surface area contributed by atoms with Crippen LogP contribution in [0.25, 0.3) is 11.3 Å². The summed E-state index contributed by atoms with van der Waals surface area (Å²) in [6.07, 6.45) is 1.51. The summed E-state index contributed by atoms with van der Waals surface area (Å²) < 4.78 is 0. The molecule has 1 fully saturated rings. The molecule has 30 heavy (non-hydrogen) atoms. The fourth-order valence-electron chi connectivity index (χ4n) is 4.23. The molecule has 5 rings (SSSR count). The van der Waals surface area contributed by atoms with Crippen molar-refractivity contribution in [2.75, 3.05) is 31.1 Å². The molecule has 0 aliphatic carbocycles. The van der Waals surface area contributed by atoms with Crippen molar-refractivity contribution >= 4 is 17.6 Å². The average molecular weight is 401 g/mol. The van der Waals surface area contributed by atoms with Crippen LogP contribution in [0.15, 0.2) is 54.6 Å². The third-order valence-electron chi connectivity index (χ3n) is 5.81. The number of hydrogen-bond acceptors (Lipinski definition) is 3. The third kappa shape index (κ3) is 3.32. The summed E-state index contributed by atoms with van der Waals surface area (Å²) in [5.41, 5.74) is 5.73. The van der Waals surface area contributed by atoms with E-state index in [0.717, 1.165) is 35.5 Å². The van der Waals surface area contributed by atoms with Gasteiger partial charge in [-0.1, -0.05) is 36.4 Å². The number of aromatic amines is 1. The lowest BCUT2D eigenvalue weighted by Gasteiger charge is -2.21. The molecule has 1 saturated heterocycles. The van der Waals surface area contributed by atoms with E-state index < -0.39 is 0 Å². The van der Waals surface area contributed by atoms with Gasteiger partial charge in [0.1, 0.15) is 0 Å². The van der Waals surface area contributed by atoms with E-state index in [4.69, 9.17) is 0 Å². The molecular formula is C23H23N5O2. The summed E-state index contributed by atoms with van der Waals surface area (Å²) >= 11 is 0. The Balaban J connectivity index is 1.35. The van der Waals surface area contributed by atoms with Gasteiger partial charge < -0.3 is 10.2 Å². The van der Waals surface area contributed by atoms with Gasteiger partial charge in [0, 0.05) is 60.7 Å². The number of urea groups is 1. The van der Waals surface area contributed by atoms with Crippen LogP contribution in [-0.2, 0) is 12.8 Å². The zero-order valence-electron chi connectivity index (χ0n) is 16.6. The summed E-state index contributed by atoms with van der Waals surface area (Å²) in [4.78, 5) is 28.7. The van der Waals surface area contributed by atoms with Gasteiger partial charge in [-0.25, -0.2) is 4.79 Å². The molecule has 0 unspecified atom stereocenters. The van der Waals surface area contributed by atoms with Gasteiger partial charge in [-0.05, 0) is 24.6 Å². The lowest BCUT2D eigenvalue weighted by atomic mass is 10.0. The van der Waals surface area contributed by atoms with Crippen molar-refractivity contribution in [3.05, 3.63) is 71.4 Å². The summed E-state index contributed by atoms with van der Waals surface area (Å²) in [7, 11) is 0. The summed E-state index contributed by atoms with van der Waals surface area (Å²) in [6.45, 7) is 2.51. The minimum Gasteiger partial charge on any atom is -0.338 e. The lowest BCUT2D eigenvalue weighted by molar-refractivity contribution is 0.0762. The molecule has 2 aliphatic heterocycles. The van der Waals surface area contributed by atoms with Gasteiger partial charge >= 0.3 is 6.03 Å². The molecule has 0 spiro atoms. The number of carbonyl (C=O) groups excluding carboxylic acids is 2.